The number of nitrogens with one attached hydrogen (secondary N) is 2. The highest BCUT2D eigenvalue weighted by atomic mass is 19.4. The van der Waals surface area contributed by atoms with E-state index in [0.29, 0.717) is 16.8 Å². The van der Waals surface area contributed by atoms with Gasteiger partial charge in [0, 0.05) is 23.5 Å². The van der Waals surface area contributed by atoms with Crippen LogP contribution in [0.15, 0.2) is 72.8 Å². The number of carboxylic acid groups (broad SMARTS) is 1. The van der Waals surface area contributed by atoms with E-state index < -0.39 is 29.6 Å². The number of nitrogens with zero attached hydrogens (tertiary/aromatic N) is 1. The Morgan fingerprint density at radius 3 is 2.29 bits per heavy atom. The molecule has 4 rings (SSSR count). The molecule has 220 valence electrons. The Balaban J connectivity index is 1.57. The summed E-state index contributed by atoms with van der Waals surface area (Å²) in [4.78, 5) is 37.9. The molecule has 0 atom stereocenters. The minimum absolute atomic E-state index is 0.00811. The number of benzene rings is 3. The van der Waals surface area contributed by atoms with Gasteiger partial charge in [-0.15, -0.1) is 0 Å². The number of hydrogen-bond donors (Lipinski definition) is 3. The molecule has 10 heteroatoms. The number of urea groups is 1. The first-order chi connectivity index (χ1) is 20.0. The molecule has 0 fully saturated rings. The summed E-state index contributed by atoms with van der Waals surface area (Å²) in [5, 5.41) is 13.9. The number of carbonyl (C=O) groups is 3. The normalized spacial score (nSPS) is 13.2. The van der Waals surface area contributed by atoms with Crippen LogP contribution in [0.3, 0.4) is 0 Å². The number of alkyl halides is 3. The van der Waals surface area contributed by atoms with Crippen LogP contribution < -0.4 is 15.5 Å². The molecular formula is C32H32F3N3O4. The van der Waals surface area contributed by atoms with Crippen molar-refractivity contribution in [2.45, 2.75) is 51.7 Å². The summed E-state index contributed by atoms with van der Waals surface area (Å²) < 4.78 is 40.4. The fraction of sp³-hybridized carbons (Fsp3) is 0.281. The lowest BCUT2D eigenvalue weighted by molar-refractivity contribution is -0.138. The second-order valence-electron chi connectivity index (χ2n) is 10.2. The Labute approximate surface area is 242 Å². The van der Waals surface area contributed by atoms with Gasteiger partial charge in [0.25, 0.3) is 5.91 Å². The van der Waals surface area contributed by atoms with Gasteiger partial charge in [-0.1, -0.05) is 36.4 Å². The van der Waals surface area contributed by atoms with E-state index in [1.54, 1.807) is 24.3 Å². The smallest absolute Gasteiger partial charge is 0.416 e. The Morgan fingerprint density at radius 2 is 1.67 bits per heavy atom. The zero-order valence-electron chi connectivity index (χ0n) is 23.1. The van der Waals surface area contributed by atoms with Gasteiger partial charge in [0.15, 0.2) is 0 Å². The SMILES string of the molecule is Cc1ccc(NC(=O)N(Cc2ccc(C(=O)NCCC(=O)O)cc2)c2ccc(C3=CCCCC3)cc2)cc1C(F)(F)F. The molecular weight excluding hydrogens is 547 g/mol. The van der Waals surface area contributed by atoms with Crippen molar-refractivity contribution in [1.82, 2.24) is 5.32 Å². The third-order valence-electron chi connectivity index (χ3n) is 7.06. The second-order valence-corrected chi connectivity index (χ2v) is 10.2. The van der Waals surface area contributed by atoms with Gasteiger partial charge >= 0.3 is 18.2 Å². The summed E-state index contributed by atoms with van der Waals surface area (Å²) in [5.74, 6) is -1.45. The van der Waals surface area contributed by atoms with Crippen LogP contribution in [0.5, 0.6) is 0 Å². The Morgan fingerprint density at radius 1 is 0.952 bits per heavy atom. The number of amides is 3. The summed E-state index contributed by atoms with van der Waals surface area (Å²) in [7, 11) is 0. The number of allylic oxidation sites excluding steroid dienone is 2. The maximum atomic E-state index is 13.5. The first-order valence-corrected chi connectivity index (χ1v) is 13.7. The molecule has 1 aliphatic carbocycles. The van der Waals surface area contributed by atoms with Crippen molar-refractivity contribution in [1.29, 1.82) is 0 Å². The minimum atomic E-state index is -4.56. The maximum Gasteiger partial charge on any atom is 0.416 e. The molecule has 7 nitrogen and oxygen atoms in total. The van der Waals surface area contributed by atoms with Gasteiger partial charge in [-0.3, -0.25) is 14.5 Å². The van der Waals surface area contributed by atoms with Crippen molar-refractivity contribution in [2.24, 2.45) is 0 Å². The average molecular weight is 580 g/mol. The van der Waals surface area contributed by atoms with Crippen molar-refractivity contribution < 1.29 is 32.7 Å². The predicted molar refractivity (Wildman–Crippen MR) is 155 cm³/mol. The van der Waals surface area contributed by atoms with Crippen LogP contribution in [-0.4, -0.2) is 29.6 Å². The molecule has 1 aliphatic rings. The first kappa shape index (κ1) is 30.4. The Bertz CT molecular complexity index is 1470. The fourth-order valence-corrected chi connectivity index (χ4v) is 4.76. The highest BCUT2D eigenvalue weighted by molar-refractivity contribution is 6.02. The van der Waals surface area contributed by atoms with E-state index >= 15 is 0 Å². The molecule has 3 amide bonds. The van der Waals surface area contributed by atoms with Gasteiger partial charge in [-0.2, -0.15) is 13.2 Å². The summed E-state index contributed by atoms with van der Waals surface area (Å²) in [6, 6.07) is 17.0. The quantitative estimate of drug-likeness (QED) is 0.246. The highest BCUT2D eigenvalue weighted by Crippen LogP contribution is 2.34. The fourth-order valence-electron chi connectivity index (χ4n) is 4.76. The van der Waals surface area contributed by atoms with Crippen LogP contribution in [0.1, 0.15) is 64.7 Å². The number of rotatable bonds is 9. The van der Waals surface area contributed by atoms with Gasteiger partial charge in [-0.25, -0.2) is 4.79 Å². The lowest BCUT2D eigenvalue weighted by Crippen LogP contribution is -2.34. The number of anilines is 2. The number of aryl methyl sites for hydroxylation is 1. The van der Waals surface area contributed by atoms with Crippen LogP contribution in [0.25, 0.3) is 5.57 Å². The number of carbonyl (C=O) groups excluding carboxylic acids is 2. The lowest BCUT2D eigenvalue weighted by Gasteiger charge is -2.24. The van der Waals surface area contributed by atoms with Crippen molar-refractivity contribution in [3.05, 3.63) is 101 Å². The Hall–Kier alpha value is -4.60. The largest absolute Gasteiger partial charge is 0.481 e. The summed E-state index contributed by atoms with van der Waals surface area (Å²) >= 11 is 0. The number of halogens is 3. The molecule has 42 heavy (non-hydrogen) atoms. The van der Waals surface area contributed by atoms with Crippen molar-refractivity contribution in [2.75, 3.05) is 16.8 Å². The minimum Gasteiger partial charge on any atom is -0.481 e. The highest BCUT2D eigenvalue weighted by Gasteiger charge is 2.32. The van der Waals surface area contributed by atoms with E-state index in [0.717, 1.165) is 37.3 Å². The van der Waals surface area contributed by atoms with E-state index in [4.69, 9.17) is 5.11 Å². The molecule has 3 aromatic carbocycles. The molecule has 0 aliphatic heterocycles. The topological polar surface area (TPSA) is 98.7 Å². The molecule has 0 aromatic heterocycles. The van der Waals surface area contributed by atoms with Gasteiger partial charge < -0.3 is 15.7 Å². The third-order valence-corrected chi connectivity index (χ3v) is 7.06. The van der Waals surface area contributed by atoms with Crippen molar-refractivity contribution in [3.8, 4) is 0 Å². The first-order valence-electron chi connectivity index (χ1n) is 13.7. The zero-order valence-corrected chi connectivity index (χ0v) is 23.1. The lowest BCUT2D eigenvalue weighted by atomic mass is 9.93. The molecule has 0 heterocycles. The molecule has 3 aromatic rings. The molecule has 0 bridgehead atoms. The summed E-state index contributed by atoms with van der Waals surface area (Å²) in [6.45, 7) is 1.43. The van der Waals surface area contributed by atoms with Crippen LogP contribution in [0.2, 0.25) is 0 Å². The standard InChI is InChI=1S/C32H32F3N3O4/c1-21-7-14-26(19-28(21)32(33,34)35)37-31(42)38(27-15-12-24(13-16-27)23-5-3-2-4-6-23)20-22-8-10-25(11-9-22)30(41)36-18-17-29(39)40/h5,7-16,19H,2-4,6,17-18,20H2,1H3,(H,36,41)(H,37,42)(H,39,40). The van der Waals surface area contributed by atoms with E-state index in [1.807, 2.05) is 24.3 Å². The van der Waals surface area contributed by atoms with Crippen LogP contribution in [0, 0.1) is 6.92 Å². The van der Waals surface area contributed by atoms with Gasteiger partial charge in [0.2, 0.25) is 0 Å². The summed E-state index contributed by atoms with van der Waals surface area (Å²) in [5.41, 5.74) is 3.10. The van der Waals surface area contributed by atoms with E-state index in [-0.39, 0.29) is 30.8 Å². The van der Waals surface area contributed by atoms with E-state index in [2.05, 4.69) is 16.7 Å². The summed E-state index contributed by atoms with van der Waals surface area (Å²) in [6.07, 6.45) is 1.74. The third kappa shape index (κ3) is 7.99. The van der Waals surface area contributed by atoms with Crippen LogP contribution in [0.4, 0.5) is 29.3 Å². The predicted octanol–water partition coefficient (Wildman–Crippen LogP) is 7.41. The van der Waals surface area contributed by atoms with Crippen molar-refractivity contribution in [3.63, 3.8) is 0 Å². The Kier molecular flexibility index (Phi) is 9.67. The zero-order chi connectivity index (χ0) is 30.3. The molecule has 0 radical (unpaired) electrons. The number of aliphatic carboxylic acids is 1. The number of hydrogen-bond acceptors (Lipinski definition) is 3. The second kappa shape index (κ2) is 13.4. The number of carboxylic acids is 1. The van der Waals surface area contributed by atoms with Gasteiger partial charge in [0.05, 0.1) is 18.5 Å². The van der Waals surface area contributed by atoms with Crippen LogP contribution >= 0.6 is 0 Å². The van der Waals surface area contributed by atoms with Gasteiger partial charge in [0.1, 0.15) is 0 Å². The van der Waals surface area contributed by atoms with Gasteiger partial charge in [-0.05, 0) is 91.3 Å². The average Bonchev–Trinajstić information content (AvgIpc) is 2.97. The molecule has 0 saturated carbocycles. The molecule has 0 spiro atoms. The maximum absolute atomic E-state index is 13.5. The molecule has 3 N–H and O–H groups in total. The van der Waals surface area contributed by atoms with E-state index in [1.165, 1.54) is 29.5 Å². The monoisotopic (exact) mass is 579 g/mol. The van der Waals surface area contributed by atoms with Crippen molar-refractivity contribution >= 4 is 34.9 Å². The molecule has 0 unspecified atom stereocenters. The van der Waals surface area contributed by atoms with Crippen LogP contribution in [-0.2, 0) is 17.5 Å². The molecule has 0 saturated heterocycles. The van der Waals surface area contributed by atoms with E-state index in [9.17, 15) is 27.6 Å².